The predicted molar refractivity (Wildman–Crippen MR) is 93.5 cm³/mol. The molecule has 3 rings (SSSR count). The molecule has 0 unspecified atom stereocenters. The van der Waals surface area contributed by atoms with Crippen LogP contribution in [0.4, 0.5) is 13.2 Å². The number of carbonyl (C=O) groups excluding carboxylic acids is 1. The maximum absolute atomic E-state index is 12.2. The molecule has 0 bridgehead atoms. The van der Waals surface area contributed by atoms with Crippen molar-refractivity contribution in [3.8, 4) is 0 Å². The first-order valence-corrected chi connectivity index (χ1v) is 8.69. The predicted octanol–water partition coefficient (Wildman–Crippen LogP) is 4.02. The Hall–Kier alpha value is -2.38. The van der Waals surface area contributed by atoms with Crippen molar-refractivity contribution in [1.29, 1.82) is 0 Å². The molecule has 2 aromatic rings. The van der Waals surface area contributed by atoms with Gasteiger partial charge in [-0.1, -0.05) is 19.9 Å². The van der Waals surface area contributed by atoms with Crippen molar-refractivity contribution < 1.29 is 18.0 Å². The molecule has 142 valence electrons. The zero-order valence-corrected chi connectivity index (χ0v) is 15.2. The lowest BCUT2D eigenvalue weighted by Gasteiger charge is -2.27. The Morgan fingerprint density at radius 2 is 2.04 bits per heavy atom. The van der Waals surface area contributed by atoms with Crippen LogP contribution in [0.15, 0.2) is 24.4 Å². The normalized spacial score (nSPS) is 14.7. The van der Waals surface area contributed by atoms with Crippen LogP contribution in [0.25, 0.3) is 11.2 Å². The van der Waals surface area contributed by atoms with Gasteiger partial charge in [0.1, 0.15) is 5.82 Å². The smallest absolute Gasteiger partial charge is 0.339 e. The van der Waals surface area contributed by atoms with Crippen molar-refractivity contribution in [3.63, 3.8) is 0 Å². The summed E-state index contributed by atoms with van der Waals surface area (Å²) in [6.07, 6.45) is -1.58. The fourth-order valence-electron chi connectivity index (χ4n) is 2.81. The Balaban J connectivity index is 0.00000117. The van der Waals surface area contributed by atoms with Crippen molar-refractivity contribution in [1.82, 2.24) is 19.5 Å². The Morgan fingerprint density at radius 3 is 2.65 bits per heavy atom. The van der Waals surface area contributed by atoms with Gasteiger partial charge in [-0.2, -0.15) is 18.3 Å². The Kier molecular flexibility index (Phi) is 6.39. The number of pyridine rings is 1. The fourth-order valence-corrected chi connectivity index (χ4v) is 2.81. The minimum Gasteiger partial charge on any atom is -0.339 e. The van der Waals surface area contributed by atoms with Gasteiger partial charge in [0.2, 0.25) is 5.91 Å². The molecule has 0 saturated heterocycles. The van der Waals surface area contributed by atoms with Gasteiger partial charge in [-0.3, -0.25) is 4.79 Å². The van der Waals surface area contributed by atoms with Gasteiger partial charge in [0.05, 0.1) is 6.42 Å². The molecule has 3 heterocycles. The molecule has 1 aliphatic heterocycles. The lowest BCUT2D eigenvalue weighted by molar-refractivity contribution is -0.148. The summed E-state index contributed by atoms with van der Waals surface area (Å²) in [7, 11) is 0. The highest BCUT2D eigenvalue weighted by Crippen LogP contribution is 2.27. The number of carbonyl (C=O) groups is 1. The average molecular weight is 368 g/mol. The molecule has 0 N–H and O–H groups in total. The third-order valence-electron chi connectivity index (χ3n) is 4.00. The van der Waals surface area contributed by atoms with Crippen LogP contribution < -0.4 is 0 Å². The SMILES string of the molecule is CC.Cc1nc2c(C3=CCN(C(=O)CCC(F)(F)F)CC3)cccn2n1. The molecule has 1 amide bonds. The molecule has 5 nitrogen and oxygen atoms in total. The number of hydrogen-bond donors (Lipinski definition) is 0. The van der Waals surface area contributed by atoms with E-state index >= 15 is 0 Å². The molecule has 0 spiro atoms. The van der Waals surface area contributed by atoms with Crippen molar-refractivity contribution in [3.05, 3.63) is 35.8 Å². The lowest BCUT2D eigenvalue weighted by atomic mass is 10.00. The molecule has 0 radical (unpaired) electrons. The van der Waals surface area contributed by atoms with Crippen LogP contribution in [0.2, 0.25) is 0 Å². The van der Waals surface area contributed by atoms with Gasteiger partial charge in [0, 0.05) is 31.3 Å². The Morgan fingerprint density at radius 1 is 1.31 bits per heavy atom. The lowest BCUT2D eigenvalue weighted by Crippen LogP contribution is -2.35. The third-order valence-corrected chi connectivity index (χ3v) is 4.00. The summed E-state index contributed by atoms with van der Waals surface area (Å²) in [6, 6.07) is 3.81. The number of amides is 1. The number of alkyl halides is 3. The van der Waals surface area contributed by atoms with Crippen LogP contribution in [-0.4, -0.2) is 44.7 Å². The van der Waals surface area contributed by atoms with Crippen LogP contribution in [0.3, 0.4) is 0 Å². The zero-order valence-electron chi connectivity index (χ0n) is 15.2. The van der Waals surface area contributed by atoms with Crippen LogP contribution in [-0.2, 0) is 4.79 Å². The second-order valence-corrected chi connectivity index (χ2v) is 5.78. The molecule has 0 atom stereocenters. The maximum atomic E-state index is 12.2. The summed E-state index contributed by atoms with van der Waals surface area (Å²) in [4.78, 5) is 17.7. The van der Waals surface area contributed by atoms with Gasteiger partial charge in [-0.25, -0.2) is 9.50 Å². The second-order valence-electron chi connectivity index (χ2n) is 5.78. The first-order chi connectivity index (χ1) is 12.3. The number of halogens is 3. The highest BCUT2D eigenvalue weighted by atomic mass is 19.4. The van der Waals surface area contributed by atoms with E-state index in [2.05, 4.69) is 10.1 Å². The highest BCUT2D eigenvalue weighted by molar-refractivity contribution is 5.80. The molecule has 2 aromatic heterocycles. The van der Waals surface area contributed by atoms with Gasteiger partial charge < -0.3 is 4.90 Å². The van der Waals surface area contributed by atoms with Crippen molar-refractivity contribution in [2.75, 3.05) is 13.1 Å². The largest absolute Gasteiger partial charge is 0.389 e. The van der Waals surface area contributed by atoms with Crippen LogP contribution in [0.5, 0.6) is 0 Å². The standard InChI is InChI=1S/C16H17F3N4O.C2H6/c1-11-20-15-13(3-2-8-23(15)21-11)12-5-9-22(10-6-12)14(24)4-7-16(17,18)19;1-2/h2-3,5,8H,4,6-7,9-10H2,1H3;1-2H3. The van der Waals surface area contributed by atoms with Gasteiger partial charge >= 0.3 is 6.18 Å². The zero-order chi connectivity index (χ0) is 19.3. The van der Waals surface area contributed by atoms with E-state index in [9.17, 15) is 18.0 Å². The molecule has 0 fully saturated rings. The van der Waals surface area contributed by atoms with Gasteiger partial charge in [-0.05, 0) is 31.1 Å². The number of fused-ring (bicyclic) bond motifs is 1. The number of nitrogens with zero attached hydrogens (tertiary/aromatic N) is 4. The second kappa shape index (κ2) is 8.33. The molecule has 8 heteroatoms. The van der Waals surface area contributed by atoms with Gasteiger partial charge in [0.15, 0.2) is 5.65 Å². The van der Waals surface area contributed by atoms with E-state index in [0.29, 0.717) is 25.3 Å². The molecule has 0 aliphatic carbocycles. The van der Waals surface area contributed by atoms with Crippen molar-refractivity contribution in [2.45, 2.75) is 46.2 Å². The summed E-state index contributed by atoms with van der Waals surface area (Å²) in [5, 5.41) is 4.27. The number of aromatic nitrogens is 3. The van der Waals surface area contributed by atoms with E-state index < -0.39 is 24.9 Å². The minimum atomic E-state index is -4.30. The summed E-state index contributed by atoms with van der Waals surface area (Å²) in [6.45, 7) is 6.55. The number of aryl methyl sites for hydroxylation is 1. The summed E-state index contributed by atoms with van der Waals surface area (Å²) in [5.41, 5.74) is 2.73. The van der Waals surface area contributed by atoms with Crippen molar-refractivity contribution in [2.24, 2.45) is 0 Å². The molecule has 0 aromatic carbocycles. The first kappa shape index (κ1) is 19.9. The topological polar surface area (TPSA) is 50.5 Å². The quantitative estimate of drug-likeness (QED) is 0.822. The van der Waals surface area contributed by atoms with E-state index in [4.69, 9.17) is 0 Å². The minimum absolute atomic E-state index is 0.320. The first-order valence-electron chi connectivity index (χ1n) is 8.69. The Bertz CT molecular complexity index is 795. The molecule has 1 aliphatic rings. The number of rotatable bonds is 3. The van der Waals surface area contributed by atoms with Crippen LogP contribution in [0.1, 0.15) is 44.5 Å². The highest BCUT2D eigenvalue weighted by Gasteiger charge is 2.29. The molecular weight excluding hydrogens is 345 g/mol. The van der Waals surface area contributed by atoms with Gasteiger partial charge in [-0.15, -0.1) is 0 Å². The van der Waals surface area contributed by atoms with E-state index in [0.717, 1.165) is 16.8 Å². The van der Waals surface area contributed by atoms with Gasteiger partial charge in [0.25, 0.3) is 0 Å². The van der Waals surface area contributed by atoms with Crippen molar-refractivity contribution >= 4 is 17.1 Å². The molecule has 26 heavy (non-hydrogen) atoms. The van der Waals surface area contributed by atoms with E-state index in [1.54, 1.807) is 4.52 Å². The fraction of sp³-hybridized carbons (Fsp3) is 0.500. The average Bonchev–Trinajstić information content (AvgIpc) is 3.01. The molecular formula is C18H23F3N4O. The summed E-state index contributed by atoms with van der Waals surface area (Å²) < 4.78 is 38.4. The van der Waals surface area contributed by atoms with Crippen LogP contribution in [0, 0.1) is 6.92 Å². The van der Waals surface area contributed by atoms with E-state index in [1.165, 1.54) is 4.90 Å². The number of hydrogen-bond acceptors (Lipinski definition) is 3. The monoisotopic (exact) mass is 368 g/mol. The van der Waals surface area contributed by atoms with E-state index in [1.807, 2.05) is 45.2 Å². The summed E-state index contributed by atoms with van der Waals surface area (Å²) >= 11 is 0. The maximum Gasteiger partial charge on any atom is 0.389 e. The third kappa shape index (κ3) is 4.83. The summed E-state index contributed by atoms with van der Waals surface area (Å²) in [5.74, 6) is 0.210. The van der Waals surface area contributed by atoms with Crippen LogP contribution >= 0.6 is 0 Å². The molecule has 0 saturated carbocycles. The Labute approximate surface area is 150 Å². The van der Waals surface area contributed by atoms with E-state index in [-0.39, 0.29) is 0 Å².